The molecule has 0 bridgehead atoms. The highest BCUT2D eigenvalue weighted by Gasteiger charge is 2.25. The monoisotopic (exact) mass is 365 g/mol. The molecular weight excluding hydrogens is 338 g/mol. The molecule has 0 atom stereocenters. The Hall–Kier alpha value is -1.46. The van der Waals surface area contributed by atoms with Crippen molar-refractivity contribution in [1.29, 1.82) is 5.26 Å². The van der Waals surface area contributed by atoms with E-state index >= 15 is 0 Å². The molecule has 1 aromatic rings. The van der Waals surface area contributed by atoms with Crippen molar-refractivity contribution >= 4 is 10.0 Å². The molecule has 0 saturated carbocycles. The number of sulfonamides is 1. The van der Waals surface area contributed by atoms with Gasteiger partial charge in [0.15, 0.2) is 0 Å². The van der Waals surface area contributed by atoms with Crippen molar-refractivity contribution in [3.8, 4) is 6.07 Å². The van der Waals surface area contributed by atoms with E-state index in [1.807, 2.05) is 18.2 Å². The first-order valence-corrected chi connectivity index (χ1v) is 10.3. The quantitative estimate of drug-likeness (QED) is 0.668. The number of nitriles is 1. The average Bonchev–Trinajstić information content (AvgIpc) is 2.63. The van der Waals surface area contributed by atoms with E-state index in [2.05, 4.69) is 11.8 Å². The number of benzene rings is 1. The molecule has 1 fully saturated rings. The zero-order chi connectivity index (χ0) is 18.1. The van der Waals surface area contributed by atoms with Gasteiger partial charge in [-0.25, -0.2) is 8.42 Å². The summed E-state index contributed by atoms with van der Waals surface area (Å²) in [6.07, 6.45) is 2.16. The fraction of sp³-hybridized carbons (Fsp3) is 0.611. The summed E-state index contributed by atoms with van der Waals surface area (Å²) in [5, 5.41) is 8.87. The molecular formula is C18H27N3O3S. The Morgan fingerprint density at radius 2 is 1.88 bits per heavy atom. The van der Waals surface area contributed by atoms with Crippen molar-refractivity contribution in [1.82, 2.24) is 9.21 Å². The second kappa shape index (κ2) is 9.88. The van der Waals surface area contributed by atoms with Crippen LogP contribution in [-0.4, -0.2) is 63.6 Å². The predicted octanol–water partition coefficient (Wildman–Crippen LogP) is 1.88. The number of nitrogens with zero attached hydrogens (tertiary/aromatic N) is 3. The summed E-state index contributed by atoms with van der Waals surface area (Å²) < 4.78 is 32.7. The van der Waals surface area contributed by atoms with Gasteiger partial charge in [0.05, 0.1) is 24.2 Å². The highest BCUT2D eigenvalue weighted by Crippen LogP contribution is 2.18. The minimum atomic E-state index is -3.58. The van der Waals surface area contributed by atoms with Gasteiger partial charge >= 0.3 is 0 Å². The lowest BCUT2D eigenvalue weighted by molar-refractivity contribution is 0.0363. The van der Waals surface area contributed by atoms with Crippen molar-refractivity contribution in [2.24, 2.45) is 0 Å². The zero-order valence-corrected chi connectivity index (χ0v) is 15.7. The maximum atomic E-state index is 13.0. The fourth-order valence-corrected chi connectivity index (χ4v) is 4.30. The third-order valence-electron chi connectivity index (χ3n) is 4.34. The van der Waals surface area contributed by atoms with Gasteiger partial charge in [-0.05, 0) is 24.1 Å². The second-order valence-electron chi connectivity index (χ2n) is 6.16. The van der Waals surface area contributed by atoms with Gasteiger partial charge in [0.25, 0.3) is 0 Å². The zero-order valence-electron chi connectivity index (χ0n) is 14.9. The third kappa shape index (κ3) is 5.79. The first kappa shape index (κ1) is 19.9. The number of ether oxygens (including phenoxy) is 1. The first-order chi connectivity index (χ1) is 12.1. The van der Waals surface area contributed by atoms with Gasteiger partial charge in [-0.3, -0.25) is 4.90 Å². The van der Waals surface area contributed by atoms with Crippen molar-refractivity contribution in [3.05, 3.63) is 29.8 Å². The summed E-state index contributed by atoms with van der Waals surface area (Å²) in [6.45, 7) is 6.37. The van der Waals surface area contributed by atoms with Crippen LogP contribution in [0, 0.1) is 11.3 Å². The molecule has 0 spiro atoms. The Morgan fingerprint density at radius 3 is 2.48 bits per heavy atom. The summed E-state index contributed by atoms with van der Waals surface area (Å²) in [4.78, 5) is 2.50. The fourth-order valence-electron chi connectivity index (χ4n) is 2.87. The normalized spacial score (nSPS) is 16.0. The van der Waals surface area contributed by atoms with E-state index in [1.165, 1.54) is 4.31 Å². The van der Waals surface area contributed by atoms with Gasteiger partial charge in [0, 0.05) is 39.1 Å². The van der Waals surface area contributed by atoms with Gasteiger partial charge in [-0.15, -0.1) is 0 Å². The number of aryl methyl sites for hydroxylation is 1. The molecule has 0 aromatic heterocycles. The van der Waals surface area contributed by atoms with Crippen LogP contribution in [0.5, 0.6) is 0 Å². The Bertz CT molecular complexity index is 662. The molecule has 25 heavy (non-hydrogen) atoms. The van der Waals surface area contributed by atoms with Gasteiger partial charge in [0.1, 0.15) is 0 Å². The minimum Gasteiger partial charge on any atom is -0.379 e. The molecule has 2 rings (SSSR count). The highest BCUT2D eigenvalue weighted by atomic mass is 32.2. The molecule has 0 radical (unpaired) electrons. The molecule has 1 aliphatic heterocycles. The van der Waals surface area contributed by atoms with Gasteiger partial charge in [-0.1, -0.05) is 25.5 Å². The SMILES string of the molecule is CCCc1ccc(S(=O)(=O)N(CCC#N)CCN2CCOCC2)cc1. The Labute approximate surface area is 151 Å². The van der Waals surface area contributed by atoms with E-state index in [9.17, 15) is 8.42 Å². The van der Waals surface area contributed by atoms with Crippen LogP contribution in [0.2, 0.25) is 0 Å². The van der Waals surface area contributed by atoms with Crippen LogP contribution in [0.1, 0.15) is 25.3 Å². The van der Waals surface area contributed by atoms with Crippen LogP contribution in [0.25, 0.3) is 0 Å². The minimum absolute atomic E-state index is 0.191. The van der Waals surface area contributed by atoms with Crippen LogP contribution in [0.3, 0.4) is 0 Å². The van der Waals surface area contributed by atoms with Crippen LogP contribution in [0.4, 0.5) is 0 Å². The largest absolute Gasteiger partial charge is 0.379 e. The molecule has 0 unspecified atom stereocenters. The molecule has 1 aromatic carbocycles. The predicted molar refractivity (Wildman–Crippen MR) is 96.7 cm³/mol. The van der Waals surface area contributed by atoms with Gasteiger partial charge < -0.3 is 4.74 Å². The topological polar surface area (TPSA) is 73.6 Å². The summed E-state index contributed by atoms with van der Waals surface area (Å²) in [6, 6.07) is 9.15. The Kier molecular flexibility index (Phi) is 7.85. The van der Waals surface area contributed by atoms with Crippen LogP contribution < -0.4 is 0 Å². The lowest BCUT2D eigenvalue weighted by Gasteiger charge is -2.29. The smallest absolute Gasteiger partial charge is 0.243 e. The van der Waals surface area contributed by atoms with E-state index in [0.717, 1.165) is 31.5 Å². The van der Waals surface area contributed by atoms with Gasteiger partial charge in [-0.2, -0.15) is 9.57 Å². The average molecular weight is 365 g/mol. The molecule has 0 N–H and O–H groups in total. The lowest BCUT2D eigenvalue weighted by Crippen LogP contribution is -2.43. The van der Waals surface area contributed by atoms with Crippen molar-refractivity contribution in [2.75, 3.05) is 45.9 Å². The molecule has 0 aliphatic carbocycles. The summed E-state index contributed by atoms with van der Waals surface area (Å²) in [7, 11) is -3.58. The van der Waals surface area contributed by atoms with Crippen LogP contribution in [-0.2, 0) is 21.2 Å². The van der Waals surface area contributed by atoms with Crippen molar-refractivity contribution < 1.29 is 13.2 Å². The first-order valence-electron chi connectivity index (χ1n) is 8.84. The molecule has 1 aliphatic rings. The maximum Gasteiger partial charge on any atom is 0.243 e. The number of rotatable bonds is 9. The van der Waals surface area contributed by atoms with E-state index in [0.29, 0.717) is 31.2 Å². The number of hydrogen-bond donors (Lipinski definition) is 0. The lowest BCUT2D eigenvalue weighted by atomic mass is 10.1. The summed E-state index contributed by atoms with van der Waals surface area (Å²) >= 11 is 0. The molecule has 138 valence electrons. The van der Waals surface area contributed by atoms with E-state index in [4.69, 9.17) is 10.00 Å². The molecule has 1 saturated heterocycles. The number of hydrogen-bond acceptors (Lipinski definition) is 5. The molecule has 0 amide bonds. The standard InChI is InChI=1S/C18H27N3O3S/c1-2-4-17-5-7-18(8-6-17)25(22,23)21(10-3-9-19)12-11-20-13-15-24-16-14-20/h5-8H,2-4,10-16H2,1H3. The van der Waals surface area contributed by atoms with Gasteiger partial charge in [0.2, 0.25) is 10.0 Å². The second-order valence-corrected chi connectivity index (χ2v) is 8.10. The maximum absolute atomic E-state index is 13.0. The van der Waals surface area contributed by atoms with E-state index < -0.39 is 10.0 Å². The molecule has 7 heteroatoms. The Balaban J connectivity index is 2.08. The summed E-state index contributed by atoms with van der Waals surface area (Å²) in [5.41, 5.74) is 1.14. The molecule has 6 nitrogen and oxygen atoms in total. The van der Waals surface area contributed by atoms with Crippen LogP contribution in [0.15, 0.2) is 29.2 Å². The number of morpholine rings is 1. The van der Waals surface area contributed by atoms with Crippen LogP contribution >= 0.6 is 0 Å². The third-order valence-corrected chi connectivity index (χ3v) is 6.26. The van der Waals surface area contributed by atoms with Crippen molar-refractivity contribution in [2.45, 2.75) is 31.1 Å². The van der Waals surface area contributed by atoms with E-state index in [1.54, 1.807) is 12.1 Å². The Morgan fingerprint density at radius 1 is 1.20 bits per heavy atom. The molecule has 1 heterocycles. The van der Waals surface area contributed by atoms with E-state index in [-0.39, 0.29) is 13.0 Å². The highest BCUT2D eigenvalue weighted by molar-refractivity contribution is 7.89. The summed E-state index contributed by atoms with van der Waals surface area (Å²) in [5.74, 6) is 0. The van der Waals surface area contributed by atoms with Crippen molar-refractivity contribution in [3.63, 3.8) is 0 Å².